The van der Waals surface area contributed by atoms with Crippen LogP contribution in [-0.4, -0.2) is 34.3 Å². The molecule has 0 fully saturated rings. The highest BCUT2D eigenvalue weighted by Crippen LogP contribution is 2.31. The number of hydrogen-bond acceptors (Lipinski definition) is 7. The van der Waals surface area contributed by atoms with Gasteiger partial charge in [0.2, 0.25) is 0 Å². The number of hydrogen-bond donors (Lipinski definition) is 1. The second kappa shape index (κ2) is 9.90. The lowest BCUT2D eigenvalue weighted by Crippen LogP contribution is -2.29. The van der Waals surface area contributed by atoms with E-state index in [1.165, 1.54) is 18.2 Å². The van der Waals surface area contributed by atoms with Gasteiger partial charge in [0, 0.05) is 23.6 Å². The molecule has 0 aliphatic carbocycles. The van der Waals surface area contributed by atoms with Crippen LogP contribution in [0.25, 0.3) is 0 Å². The average molecular weight is 495 g/mol. The Balaban J connectivity index is 1.32. The van der Waals surface area contributed by atoms with Crippen molar-refractivity contribution in [2.24, 2.45) is 0 Å². The van der Waals surface area contributed by atoms with Crippen LogP contribution in [0, 0.1) is 6.92 Å². The summed E-state index contributed by atoms with van der Waals surface area (Å²) in [6.45, 7) is 4.21. The molecule has 1 aliphatic heterocycles. The minimum absolute atomic E-state index is 0.176. The molecule has 0 atom stereocenters. The third kappa shape index (κ3) is 4.74. The van der Waals surface area contributed by atoms with Gasteiger partial charge in [-0.15, -0.1) is 0 Å². The number of anilines is 2. The van der Waals surface area contributed by atoms with E-state index in [0.29, 0.717) is 29.5 Å². The third-order valence-corrected chi connectivity index (χ3v) is 5.75. The van der Waals surface area contributed by atoms with Gasteiger partial charge in [0.15, 0.2) is 0 Å². The molecule has 1 aliphatic rings. The second-order valence-corrected chi connectivity index (χ2v) is 8.20. The zero-order valence-corrected chi connectivity index (χ0v) is 20.1. The fourth-order valence-corrected chi connectivity index (χ4v) is 3.95. The van der Waals surface area contributed by atoms with Gasteiger partial charge in [-0.25, -0.2) is 14.9 Å². The number of aromatic nitrogens is 2. The Morgan fingerprint density at radius 1 is 0.892 bits per heavy atom. The minimum atomic E-state index is -0.486. The molecule has 3 amide bonds. The minimum Gasteiger partial charge on any atom is -0.494 e. The zero-order valence-electron chi connectivity index (χ0n) is 20.1. The molecule has 0 saturated carbocycles. The van der Waals surface area contributed by atoms with Crippen LogP contribution in [0.5, 0.6) is 17.5 Å². The Kier molecular flexibility index (Phi) is 6.34. The van der Waals surface area contributed by atoms with Crippen LogP contribution in [0.3, 0.4) is 0 Å². The van der Waals surface area contributed by atoms with Crippen LogP contribution in [0.2, 0.25) is 0 Å². The van der Waals surface area contributed by atoms with Crippen LogP contribution >= 0.6 is 0 Å². The van der Waals surface area contributed by atoms with Gasteiger partial charge in [-0.2, -0.15) is 0 Å². The lowest BCUT2D eigenvalue weighted by molar-refractivity contribution is 0.0925. The van der Waals surface area contributed by atoms with Gasteiger partial charge in [0.25, 0.3) is 17.7 Å². The van der Waals surface area contributed by atoms with Crippen LogP contribution < -0.4 is 19.7 Å². The van der Waals surface area contributed by atoms with Gasteiger partial charge >= 0.3 is 6.01 Å². The Morgan fingerprint density at radius 2 is 1.59 bits per heavy atom. The number of rotatable bonds is 7. The van der Waals surface area contributed by atoms with E-state index in [1.54, 1.807) is 60.9 Å². The molecular formula is C28H22N4O5. The first-order chi connectivity index (χ1) is 17.9. The molecule has 0 unspecified atom stereocenters. The topological polar surface area (TPSA) is 111 Å². The van der Waals surface area contributed by atoms with E-state index in [4.69, 9.17) is 9.47 Å². The summed E-state index contributed by atoms with van der Waals surface area (Å²) in [5, 5.41) is 2.85. The zero-order chi connectivity index (χ0) is 25.9. The first kappa shape index (κ1) is 23.7. The number of ether oxygens (including phenoxy) is 2. The van der Waals surface area contributed by atoms with Crippen molar-refractivity contribution in [2.45, 2.75) is 13.8 Å². The van der Waals surface area contributed by atoms with Crippen molar-refractivity contribution in [2.75, 3.05) is 16.8 Å². The van der Waals surface area contributed by atoms with Gasteiger partial charge in [-0.1, -0.05) is 0 Å². The molecule has 184 valence electrons. The summed E-state index contributed by atoms with van der Waals surface area (Å²) in [7, 11) is 0. The van der Waals surface area contributed by atoms with Gasteiger partial charge in [0.05, 0.1) is 23.4 Å². The number of imide groups is 1. The Morgan fingerprint density at radius 3 is 2.30 bits per heavy atom. The predicted octanol–water partition coefficient (Wildman–Crippen LogP) is 5.03. The van der Waals surface area contributed by atoms with Crippen molar-refractivity contribution in [3.05, 3.63) is 101 Å². The summed E-state index contributed by atoms with van der Waals surface area (Å²) < 4.78 is 11.1. The number of carbonyl (C=O) groups is 3. The molecule has 0 bridgehead atoms. The van der Waals surface area contributed by atoms with E-state index >= 15 is 0 Å². The van der Waals surface area contributed by atoms with Crippen molar-refractivity contribution < 1.29 is 23.9 Å². The van der Waals surface area contributed by atoms with E-state index in [2.05, 4.69) is 15.3 Å². The smallest absolute Gasteiger partial charge is 0.321 e. The fraction of sp³-hybridized carbons (Fsp3) is 0.107. The van der Waals surface area contributed by atoms with Crippen molar-refractivity contribution in [1.29, 1.82) is 0 Å². The number of nitrogens with one attached hydrogen (secondary N) is 1. The molecule has 9 heteroatoms. The Bertz CT molecular complexity index is 1500. The molecule has 0 spiro atoms. The molecule has 3 aromatic carbocycles. The monoisotopic (exact) mass is 494 g/mol. The molecule has 37 heavy (non-hydrogen) atoms. The van der Waals surface area contributed by atoms with Crippen LogP contribution in [0.15, 0.2) is 79.1 Å². The molecule has 5 rings (SSSR count). The van der Waals surface area contributed by atoms with Crippen molar-refractivity contribution in [3.8, 4) is 17.5 Å². The number of aryl methyl sites for hydroxylation is 1. The van der Waals surface area contributed by atoms with E-state index in [0.717, 1.165) is 10.5 Å². The van der Waals surface area contributed by atoms with Gasteiger partial charge in [-0.3, -0.25) is 14.4 Å². The number of amides is 3. The SMILES string of the molecule is CCOc1ccc(N2C(=O)c3ccc(C(=O)Nc4ccc(Oc5ncccn5)cc4C)cc3C2=O)cc1. The average Bonchev–Trinajstić information content (AvgIpc) is 3.16. The van der Waals surface area contributed by atoms with E-state index in [9.17, 15) is 14.4 Å². The Labute approximate surface area is 212 Å². The maximum Gasteiger partial charge on any atom is 0.321 e. The van der Waals surface area contributed by atoms with Gasteiger partial charge < -0.3 is 14.8 Å². The molecule has 1 aromatic heterocycles. The highest BCUT2D eigenvalue weighted by Gasteiger charge is 2.37. The third-order valence-electron chi connectivity index (χ3n) is 5.75. The quantitative estimate of drug-likeness (QED) is 0.359. The first-order valence-electron chi connectivity index (χ1n) is 11.6. The molecule has 0 radical (unpaired) electrons. The molecule has 2 heterocycles. The lowest BCUT2D eigenvalue weighted by Gasteiger charge is -2.14. The van der Waals surface area contributed by atoms with E-state index in [-0.39, 0.29) is 22.7 Å². The van der Waals surface area contributed by atoms with Crippen molar-refractivity contribution in [3.63, 3.8) is 0 Å². The summed E-state index contributed by atoms with van der Waals surface area (Å²) in [6, 6.07) is 18.3. The molecule has 4 aromatic rings. The van der Waals surface area contributed by atoms with Crippen LogP contribution in [0.1, 0.15) is 43.6 Å². The molecule has 0 saturated heterocycles. The number of benzene rings is 3. The number of carbonyl (C=O) groups excluding carboxylic acids is 3. The number of nitrogens with zero attached hydrogens (tertiary/aromatic N) is 3. The van der Waals surface area contributed by atoms with Crippen molar-refractivity contribution >= 4 is 29.1 Å². The predicted molar refractivity (Wildman–Crippen MR) is 136 cm³/mol. The summed E-state index contributed by atoms with van der Waals surface area (Å²) in [4.78, 5) is 48.2. The summed E-state index contributed by atoms with van der Waals surface area (Å²) >= 11 is 0. The van der Waals surface area contributed by atoms with Crippen molar-refractivity contribution in [1.82, 2.24) is 9.97 Å². The maximum absolute atomic E-state index is 13.1. The van der Waals surface area contributed by atoms with Crippen LogP contribution in [-0.2, 0) is 0 Å². The summed E-state index contributed by atoms with van der Waals surface area (Å²) in [5.41, 5.74) is 2.44. The van der Waals surface area contributed by atoms with E-state index < -0.39 is 17.7 Å². The Hall–Kier alpha value is -5.05. The highest BCUT2D eigenvalue weighted by molar-refractivity contribution is 6.34. The van der Waals surface area contributed by atoms with Gasteiger partial charge in [-0.05, 0) is 86.1 Å². The van der Waals surface area contributed by atoms with Gasteiger partial charge in [0.1, 0.15) is 11.5 Å². The fourth-order valence-electron chi connectivity index (χ4n) is 3.95. The molecular weight excluding hydrogens is 472 g/mol. The largest absolute Gasteiger partial charge is 0.494 e. The first-order valence-corrected chi connectivity index (χ1v) is 11.6. The van der Waals surface area contributed by atoms with E-state index in [1.807, 2.05) is 13.8 Å². The molecule has 1 N–H and O–H groups in total. The standard InChI is InChI=1S/C28H22N4O5/c1-3-36-20-8-6-19(7-9-20)32-26(34)22-11-5-18(16-23(22)27(32)35)25(33)31-24-12-10-21(15-17(24)2)37-28-29-13-4-14-30-28/h4-16H,3H2,1-2H3,(H,31,33). The van der Waals surface area contributed by atoms with Crippen LogP contribution in [0.4, 0.5) is 11.4 Å². The molecule has 9 nitrogen and oxygen atoms in total. The normalized spacial score (nSPS) is 12.3. The maximum atomic E-state index is 13.1. The summed E-state index contributed by atoms with van der Waals surface area (Å²) in [6.07, 6.45) is 3.16. The lowest BCUT2D eigenvalue weighted by atomic mass is 10.0. The summed E-state index contributed by atoms with van der Waals surface area (Å²) in [5.74, 6) is -0.168. The number of fused-ring (bicyclic) bond motifs is 1. The highest BCUT2D eigenvalue weighted by atomic mass is 16.5. The second-order valence-electron chi connectivity index (χ2n) is 8.20.